The molecule has 0 bridgehead atoms. The number of oxazole rings is 1. The lowest BCUT2D eigenvalue weighted by Gasteiger charge is -2.13. The molecular weight excluding hydrogens is 396 g/mol. The van der Waals surface area contributed by atoms with E-state index >= 15 is 0 Å². The van der Waals surface area contributed by atoms with Crippen LogP contribution in [0.1, 0.15) is 5.89 Å². The molecule has 0 fully saturated rings. The molecule has 1 heterocycles. The van der Waals surface area contributed by atoms with Gasteiger partial charge in [-0.25, -0.2) is 26.6 Å². The van der Waals surface area contributed by atoms with Crippen molar-refractivity contribution < 1.29 is 31.2 Å². The Hall–Kier alpha value is -2.92. The molecule has 0 radical (unpaired) electrons. The molecule has 1 amide bonds. The standard InChI is InChI=1S/C16H14N2O7S2/c1-26(21,22)18(16(19)20)10-15-17-13-8-7-12(9-14(13)25-15)27(23,24)11-5-3-2-4-6-11/h2-9H,10H2,1H3,(H,19,20). The second-order valence-corrected chi connectivity index (χ2v) is 9.46. The first-order chi connectivity index (χ1) is 12.6. The third-order valence-corrected chi connectivity index (χ3v) is 6.51. The Morgan fingerprint density at radius 3 is 2.33 bits per heavy atom. The predicted octanol–water partition coefficient (Wildman–Crippen LogP) is 2.10. The molecule has 2 aromatic carbocycles. The lowest BCUT2D eigenvalue weighted by atomic mass is 10.3. The summed E-state index contributed by atoms with van der Waals surface area (Å²) in [6, 6.07) is 11.8. The number of sulfone groups is 1. The van der Waals surface area contributed by atoms with Gasteiger partial charge in [0.15, 0.2) is 5.58 Å². The van der Waals surface area contributed by atoms with Crippen molar-refractivity contribution in [2.45, 2.75) is 16.3 Å². The van der Waals surface area contributed by atoms with Crippen LogP contribution in [-0.4, -0.2) is 43.6 Å². The minimum absolute atomic E-state index is 0.0258. The van der Waals surface area contributed by atoms with Crippen LogP contribution in [0.25, 0.3) is 11.1 Å². The average Bonchev–Trinajstić information content (AvgIpc) is 3.01. The number of sulfonamides is 1. The number of hydrogen-bond acceptors (Lipinski definition) is 7. The molecule has 142 valence electrons. The number of amides is 1. The van der Waals surface area contributed by atoms with Gasteiger partial charge in [-0.2, -0.15) is 4.31 Å². The van der Waals surface area contributed by atoms with Crippen LogP contribution in [0, 0.1) is 0 Å². The lowest BCUT2D eigenvalue weighted by molar-refractivity contribution is 0.168. The lowest BCUT2D eigenvalue weighted by Crippen LogP contribution is -2.34. The fourth-order valence-corrected chi connectivity index (χ4v) is 4.30. The molecule has 0 spiro atoms. The van der Waals surface area contributed by atoms with E-state index < -0.39 is 32.5 Å². The zero-order valence-electron chi connectivity index (χ0n) is 13.9. The summed E-state index contributed by atoms with van der Waals surface area (Å²) in [6.07, 6.45) is -0.930. The van der Waals surface area contributed by atoms with Gasteiger partial charge in [-0.15, -0.1) is 0 Å². The molecule has 27 heavy (non-hydrogen) atoms. The van der Waals surface area contributed by atoms with Gasteiger partial charge in [-0.1, -0.05) is 18.2 Å². The highest BCUT2D eigenvalue weighted by molar-refractivity contribution is 7.91. The van der Waals surface area contributed by atoms with E-state index in [1.165, 1.54) is 30.3 Å². The number of aromatic nitrogens is 1. The second kappa shape index (κ2) is 6.67. The van der Waals surface area contributed by atoms with Crippen LogP contribution in [0.3, 0.4) is 0 Å². The van der Waals surface area contributed by atoms with Gasteiger partial charge in [0.1, 0.15) is 12.1 Å². The molecule has 1 N–H and O–H groups in total. The van der Waals surface area contributed by atoms with Crippen LogP contribution in [0.5, 0.6) is 0 Å². The number of carboxylic acid groups (broad SMARTS) is 1. The molecule has 1 aromatic heterocycles. The number of nitrogens with zero attached hydrogens (tertiary/aromatic N) is 2. The maximum Gasteiger partial charge on any atom is 0.421 e. The summed E-state index contributed by atoms with van der Waals surface area (Å²) in [5, 5.41) is 9.02. The Kier molecular flexibility index (Phi) is 4.66. The summed E-state index contributed by atoms with van der Waals surface area (Å²) >= 11 is 0. The van der Waals surface area contributed by atoms with Crippen molar-refractivity contribution in [1.29, 1.82) is 0 Å². The van der Waals surface area contributed by atoms with Gasteiger partial charge in [-0.3, -0.25) is 0 Å². The summed E-state index contributed by atoms with van der Waals surface area (Å²) in [5.74, 6) is -0.174. The zero-order valence-corrected chi connectivity index (χ0v) is 15.6. The highest BCUT2D eigenvalue weighted by Crippen LogP contribution is 2.25. The molecule has 0 aliphatic carbocycles. The molecule has 0 atom stereocenters. The zero-order chi connectivity index (χ0) is 19.8. The van der Waals surface area contributed by atoms with E-state index in [1.807, 2.05) is 0 Å². The highest BCUT2D eigenvalue weighted by Gasteiger charge is 2.25. The molecular formula is C16H14N2O7S2. The second-order valence-electron chi connectivity index (χ2n) is 5.61. The van der Waals surface area contributed by atoms with E-state index in [2.05, 4.69) is 4.98 Å². The number of rotatable bonds is 5. The molecule has 0 saturated carbocycles. The van der Waals surface area contributed by atoms with Crippen molar-refractivity contribution in [2.75, 3.05) is 6.26 Å². The summed E-state index contributed by atoms with van der Waals surface area (Å²) in [4.78, 5) is 15.2. The Morgan fingerprint density at radius 1 is 1.07 bits per heavy atom. The normalized spacial score (nSPS) is 12.2. The molecule has 0 unspecified atom stereocenters. The Morgan fingerprint density at radius 2 is 1.74 bits per heavy atom. The first-order valence-corrected chi connectivity index (χ1v) is 10.8. The summed E-state index contributed by atoms with van der Waals surface area (Å²) in [7, 11) is -7.80. The van der Waals surface area contributed by atoms with E-state index in [-0.39, 0.29) is 31.1 Å². The Balaban J connectivity index is 2.00. The van der Waals surface area contributed by atoms with Gasteiger partial charge in [0.2, 0.25) is 25.8 Å². The Labute approximate surface area is 154 Å². The van der Waals surface area contributed by atoms with Crippen molar-refractivity contribution in [1.82, 2.24) is 9.29 Å². The van der Waals surface area contributed by atoms with Gasteiger partial charge in [0.05, 0.1) is 16.0 Å². The molecule has 3 aromatic rings. The molecule has 11 heteroatoms. The van der Waals surface area contributed by atoms with Crippen LogP contribution in [0.2, 0.25) is 0 Å². The van der Waals surface area contributed by atoms with Gasteiger partial charge in [0.25, 0.3) is 0 Å². The minimum atomic E-state index is -4.03. The number of benzene rings is 2. The van der Waals surface area contributed by atoms with E-state index in [4.69, 9.17) is 9.52 Å². The molecule has 9 nitrogen and oxygen atoms in total. The molecule has 0 aliphatic heterocycles. The quantitative estimate of drug-likeness (QED) is 0.675. The van der Waals surface area contributed by atoms with Crippen molar-refractivity contribution in [2.24, 2.45) is 0 Å². The highest BCUT2D eigenvalue weighted by atomic mass is 32.2. The first-order valence-electron chi connectivity index (χ1n) is 7.49. The van der Waals surface area contributed by atoms with Crippen LogP contribution >= 0.6 is 0 Å². The summed E-state index contributed by atoms with van der Waals surface area (Å²) < 4.78 is 53.9. The largest absolute Gasteiger partial charge is 0.464 e. The van der Waals surface area contributed by atoms with Gasteiger partial charge < -0.3 is 9.52 Å². The van der Waals surface area contributed by atoms with Gasteiger partial charge in [0, 0.05) is 6.07 Å². The van der Waals surface area contributed by atoms with Crippen LogP contribution in [-0.2, 0) is 26.4 Å². The van der Waals surface area contributed by atoms with Crippen molar-refractivity contribution in [3.8, 4) is 0 Å². The fourth-order valence-electron chi connectivity index (χ4n) is 2.37. The molecule has 0 aliphatic rings. The van der Waals surface area contributed by atoms with Crippen LogP contribution < -0.4 is 0 Å². The third kappa shape index (κ3) is 3.78. The van der Waals surface area contributed by atoms with E-state index in [0.717, 1.165) is 6.26 Å². The van der Waals surface area contributed by atoms with Crippen molar-refractivity contribution >= 4 is 37.1 Å². The maximum absolute atomic E-state index is 12.7. The summed E-state index contributed by atoms with van der Waals surface area (Å²) in [5.41, 5.74) is 0.372. The number of carbonyl (C=O) groups is 1. The first kappa shape index (κ1) is 18.9. The third-order valence-electron chi connectivity index (χ3n) is 3.66. The van der Waals surface area contributed by atoms with Gasteiger partial charge >= 0.3 is 6.09 Å². The molecule has 0 saturated heterocycles. The van der Waals surface area contributed by atoms with E-state index in [9.17, 15) is 21.6 Å². The van der Waals surface area contributed by atoms with Crippen LogP contribution in [0.15, 0.2) is 62.7 Å². The van der Waals surface area contributed by atoms with Crippen LogP contribution in [0.4, 0.5) is 4.79 Å². The van der Waals surface area contributed by atoms with Crippen molar-refractivity contribution in [3.63, 3.8) is 0 Å². The minimum Gasteiger partial charge on any atom is -0.464 e. The maximum atomic E-state index is 12.7. The average molecular weight is 410 g/mol. The SMILES string of the molecule is CS(=O)(=O)N(Cc1nc2ccc(S(=O)(=O)c3ccccc3)cc2o1)C(=O)O. The van der Waals surface area contributed by atoms with E-state index in [0.29, 0.717) is 0 Å². The number of hydrogen-bond donors (Lipinski definition) is 1. The van der Waals surface area contributed by atoms with Crippen molar-refractivity contribution in [3.05, 3.63) is 54.4 Å². The predicted molar refractivity (Wildman–Crippen MR) is 94.3 cm³/mol. The smallest absolute Gasteiger partial charge is 0.421 e. The topological polar surface area (TPSA) is 135 Å². The van der Waals surface area contributed by atoms with Gasteiger partial charge in [-0.05, 0) is 24.3 Å². The monoisotopic (exact) mass is 410 g/mol. The summed E-state index contributed by atoms with van der Waals surface area (Å²) in [6.45, 7) is -0.621. The van der Waals surface area contributed by atoms with E-state index in [1.54, 1.807) is 18.2 Å². The Bertz CT molecular complexity index is 1220. The fraction of sp³-hybridized carbons (Fsp3) is 0.125. The number of fused-ring (bicyclic) bond motifs is 1. The molecule has 3 rings (SSSR count).